The molecule has 0 saturated heterocycles. The molecule has 2 unspecified atom stereocenters. The lowest BCUT2D eigenvalue weighted by Crippen LogP contribution is -2.31. The Kier molecular flexibility index (Phi) is 5.94. The number of hydrogen-bond acceptors (Lipinski definition) is 1. The van der Waals surface area contributed by atoms with Crippen molar-refractivity contribution in [3.63, 3.8) is 0 Å². The SMILES string of the molecule is FC(F)(F)c1cccc(CNCC2CCCCC2CCl)c1. The second-order valence-electron chi connectivity index (χ2n) is 5.79. The summed E-state index contributed by atoms with van der Waals surface area (Å²) < 4.78 is 37.9. The molecule has 0 aromatic heterocycles. The highest BCUT2D eigenvalue weighted by Gasteiger charge is 2.30. The molecule has 2 rings (SSSR count). The van der Waals surface area contributed by atoms with Crippen molar-refractivity contribution in [2.75, 3.05) is 12.4 Å². The summed E-state index contributed by atoms with van der Waals surface area (Å²) in [6.45, 7) is 1.29. The highest BCUT2D eigenvalue weighted by atomic mass is 35.5. The van der Waals surface area contributed by atoms with Crippen LogP contribution in [0.4, 0.5) is 13.2 Å². The third-order valence-corrected chi connectivity index (χ3v) is 4.65. The first kappa shape index (κ1) is 16.6. The zero-order valence-corrected chi connectivity index (χ0v) is 12.7. The molecule has 0 radical (unpaired) electrons. The summed E-state index contributed by atoms with van der Waals surface area (Å²) in [4.78, 5) is 0. The highest BCUT2D eigenvalue weighted by Crippen LogP contribution is 2.31. The average Bonchev–Trinajstić information content (AvgIpc) is 2.47. The van der Waals surface area contributed by atoms with Gasteiger partial charge in [-0.2, -0.15) is 13.2 Å². The van der Waals surface area contributed by atoms with Crippen molar-refractivity contribution in [2.45, 2.75) is 38.4 Å². The molecule has 1 fully saturated rings. The summed E-state index contributed by atoms with van der Waals surface area (Å²) in [6, 6.07) is 5.51. The molecule has 0 amide bonds. The van der Waals surface area contributed by atoms with Gasteiger partial charge in [-0.3, -0.25) is 0 Å². The fourth-order valence-corrected chi connectivity index (χ4v) is 3.42. The molecule has 0 spiro atoms. The first-order valence-corrected chi connectivity index (χ1v) is 7.97. The molecule has 0 aliphatic heterocycles. The number of benzene rings is 1. The van der Waals surface area contributed by atoms with Crippen molar-refractivity contribution in [3.05, 3.63) is 35.4 Å². The van der Waals surface area contributed by atoms with Gasteiger partial charge in [0.2, 0.25) is 0 Å². The summed E-state index contributed by atoms with van der Waals surface area (Å²) in [5.74, 6) is 1.76. The Bertz CT molecular complexity index is 447. The Labute approximate surface area is 128 Å². The van der Waals surface area contributed by atoms with Crippen LogP contribution in [0, 0.1) is 11.8 Å². The van der Waals surface area contributed by atoms with Crippen LogP contribution in [0.5, 0.6) is 0 Å². The van der Waals surface area contributed by atoms with Crippen LogP contribution < -0.4 is 5.32 Å². The van der Waals surface area contributed by atoms with Crippen LogP contribution in [-0.2, 0) is 12.7 Å². The normalized spacial score (nSPS) is 23.2. The van der Waals surface area contributed by atoms with Gasteiger partial charge in [0.05, 0.1) is 5.56 Å². The van der Waals surface area contributed by atoms with Crippen LogP contribution in [0.1, 0.15) is 36.8 Å². The molecule has 1 aliphatic rings. The van der Waals surface area contributed by atoms with Crippen molar-refractivity contribution in [3.8, 4) is 0 Å². The lowest BCUT2D eigenvalue weighted by molar-refractivity contribution is -0.137. The molecule has 118 valence electrons. The van der Waals surface area contributed by atoms with Crippen LogP contribution in [0.15, 0.2) is 24.3 Å². The Morgan fingerprint density at radius 1 is 1.14 bits per heavy atom. The van der Waals surface area contributed by atoms with Crippen molar-refractivity contribution in [1.82, 2.24) is 5.32 Å². The van der Waals surface area contributed by atoms with E-state index in [0.29, 0.717) is 29.8 Å². The topological polar surface area (TPSA) is 12.0 Å². The molecule has 0 heterocycles. The predicted octanol–water partition coefficient (Wildman–Crippen LogP) is 4.84. The predicted molar refractivity (Wildman–Crippen MR) is 79.3 cm³/mol. The van der Waals surface area contributed by atoms with Gasteiger partial charge in [-0.1, -0.05) is 31.0 Å². The molecule has 1 nitrogen and oxygen atoms in total. The van der Waals surface area contributed by atoms with Crippen LogP contribution in [0.3, 0.4) is 0 Å². The van der Waals surface area contributed by atoms with Crippen molar-refractivity contribution in [2.24, 2.45) is 11.8 Å². The van der Waals surface area contributed by atoms with E-state index in [0.717, 1.165) is 19.0 Å². The van der Waals surface area contributed by atoms with E-state index in [1.807, 2.05) is 0 Å². The van der Waals surface area contributed by atoms with Gasteiger partial charge in [-0.15, -0.1) is 11.6 Å². The maximum absolute atomic E-state index is 12.6. The summed E-state index contributed by atoms with van der Waals surface area (Å²) >= 11 is 5.99. The van der Waals surface area contributed by atoms with Gasteiger partial charge in [-0.25, -0.2) is 0 Å². The third kappa shape index (κ3) is 4.89. The molecule has 1 N–H and O–H groups in total. The van der Waals surface area contributed by atoms with Crippen LogP contribution in [-0.4, -0.2) is 12.4 Å². The molecular formula is C16H21ClF3N. The number of alkyl halides is 4. The molecule has 1 saturated carbocycles. The standard InChI is InChI=1S/C16H21ClF3N/c17-9-13-5-1-2-6-14(13)11-21-10-12-4-3-7-15(8-12)16(18,19)20/h3-4,7-8,13-14,21H,1-2,5-6,9-11H2. The lowest BCUT2D eigenvalue weighted by Gasteiger charge is -2.30. The maximum Gasteiger partial charge on any atom is 0.416 e. The Morgan fingerprint density at radius 3 is 2.52 bits per heavy atom. The van der Waals surface area contributed by atoms with Gasteiger partial charge >= 0.3 is 6.18 Å². The molecule has 1 aromatic carbocycles. The van der Waals surface area contributed by atoms with Gasteiger partial charge in [0.25, 0.3) is 0 Å². The quantitative estimate of drug-likeness (QED) is 0.766. The van der Waals surface area contributed by atoms with Gasteiger partial charge in [0, 0.05) is 12.4 Å². The van der Waals surface area contributed by atoms with Crippen LogP contribution >= 0.6 is 11.6 Å². The second kappa shape index (κ2) is 7.50. The minimum absolute atomic E-state index is 0.468. The second-order valence-corrected chi connectivity index (χ2v) is 6.10. The van der Waals surface area contributed by atoms with Crippen LogP contribution in [0.2, 0.25) is 0 Å². The molecular weight excluding hydrogens is 299 g/mol. The molecule has 5 heteroatoms. The monoisotopic (exact) mass is 319 g/mol. The Hall–Kier alpha value is -0.740. The smallest absolute Gasteiger partial charge is 0.312 e. The van der Waals surface area contributed by atoms with Crippen LogP contribution in [0.25, 0.3) is 0 Å². The molecule has 1 aliphatic carbocycles. The zero-order valence-electron chi connectivity index (χ0n) is 11.9. The largest absolute Gasteiger partial charge is 0.416 e. The summed E-state index contributed by atoms with van der Waals surface area (Å²) in [5, 5.41) is 3.29. The van der Waals surface area contributed by atoms with E-state index in [9.17, 15) is 13.2 Å². The third-order valence-electron chi connectivity index (χ3n) is 4.25. The van der Waals surface area contributed by atoms with E-state index in [-0.39, 0.29) is 0 Å². The van der Waals surface area contributed by atoms with Gasteiger partial charge in [-0.05, 0) is 42.9 Å². The molecule has 21 heavy (non-hydrogen) atoms. The minimum Gasteiger partial charge on any atom is -0.312 e. The summed E-state index contributed by atoms with van der Waals surface area (Å²) in [7, 11) is 0. The minimum atomic E-state index is -4.27. The fourth-order valence-electron chi connectivity index (χ4n) is 3.02. The number of halogens is 4. The van der Waals surface area contributed by atoms with E-state index < -0.39 is 11.7 Å². The van der Waals surface area contributed by atoms with Crippen molar-refractivity contribution < 1.29 is 13.2 Å². The summed E-state index contributed by atoms with van der Waals surface area (Å²) in [6.07, 6.45) is 0.514. The number of nitrogens with one attached hydrogen (secondary N) is 1. The van der Waals surface area contributed by atoms with E-state index in [1.165, 1.54) is 31.4 Å². The average molecular weight is 320 g/mol. The summed E-state index contributed by atoms with van der Waals surface area (Å²) in [5.41, 5.74) is 0.0844. The van der Waals surface area contributed by atoms with Gasteiger partial charge in [0.1, 0.15) is 0 Å². The number of hydrogen-bond donors (Lipinski definition) is 1. The lowest BCUT2D eigenvalue weighted by atomic mass is 9.80. The van der Waals surface area contributed by atoms with Crippen molar-refractivity contribution in [1.29, 1.82) is 0 Å². The number of rotatable bonds is 5. The van der Waals surface area contributed by atoms with E-state index in [2.05, 4.69) is 5.32 Å². The van der Waals surface area contributed by atoms with Crippen molar-refractivity contribution >= 4 is 11.6 Å². The molecule has 2 atom stereocenters. The van der Waals surface area contributed by atoms with E-state index in [4.69, 9.17) is 11.6 Å². The van der Waals surface area contributed by atoms with E-state index in [1.54, 1.807) is 6.07 Å². The Balaban J connectivity index is 1.85. The zero-order chi connectivity index (χ0) is 15.3. The van der Waals surface area contributed by atoms with Gasteiger partial charge in [0.15, 0.2) is 0 Å². The van der Waals surface area contributed by atoms with E-state index >= 15 is 0 Å². The van der Waals surface area contributed by atoms with Gasteiger partial charge < -0.3 is 5.32 Å². The maximum atomic E-state index is 12.6. The molecule has 1 aromatic rings. The fraction of sp³-hybridized carbons (Fsp3) is 0.625. The first-order valence-electron chi connectivity index (χ1n) is 7.43. The molecule has 0 bridgehead atoms. The highest BCUT2D eigenvalue weighted by molar-refractivity contribution is 6.18. The first-order chi connectivity index (χ1) is 10.0. The Morgan fingerprint density at radius 2 is 1.86 bits per heavy atom.